The molecule has 2 aromatic heterocycles. The summed E-state index contributed by atoms with van der Waals surface area (Å²) in [6.45, 7) is 0. The lowest BCUT2D eigenvalue weighted by Crippen LogP contribution is -2.41. The number of imide groups is 1. The number of fused-ring (bicyclic) bond motifs is 1. The highest BCUT2D eigenvalue weighted by Gasteiger charge is 2.28. The summed E-state index contributed by atoms with van der Waals surface area (Å²) < 4.78 is 1.79. The zero-order valence-electron chi connectivity index (χ0n) is 8.96. The van der Waals surface area contributed by atoms with Crippen LogP contribution in [-0.2, 0) is 9.59 Å². The number of imidazole rings is 1. The zero-order valence-corrected chi connectivity index (χ0v) is 8.96. The fraction of sp³-hybridized carbons (Fsp3) is 0.273. The fourth-order valence-electron chi connectivity index (χ4n) is 2.08. The molecule has 0 bridgehead atoms. The van der Waals surface area contributed by atoms with Gasteiger partial charge in [-0.1, -0.05) is 0 Å². The molecule has 0 aromatic carbocycles. The number of amides is 2. The van der Waals surface area contributed by atoms with Crippen molar-refractivity contribution in [1.29, 1.82) is 0 Å². The van der Waals surface area contributed by atoms with E-state index >= 15 is 0 Å². The van der Waals surface area contributed by atoms with Crippen molar-refractivity contribution in [2.75, 3.05) is 0 Å². The highest BCUT2D eigenvalue weighted by Crippen LogP contribution is 2.23. The molecule has 2 amide bonds. The number of hydrogen-bond acceptors (Lipinski definition) is 4. The molecule has 0 radical (unpaired) electrons. The lowest BCUT2D eigenvalue weighted by Gasteiger charge is -2.22. The molecule has 1 fully saturated rings. The number of rotatable bonds is 1. The summed E-state index contributed by atoms with van der Waals surface area (Å²) in [4.78, 5) is 31.0. The van der Waals surface area contributed by atoms with E-state index in [0.29, 0.717) is 12.8 Å². The van der Waals surface area contributed by atoms with Crippen LogP contribution in [0.25, 0.3) is 11.0 Å². The molecule has 17 heavy (non-hydrogen) atoms. The van der Waals surface area contributed by atoms with Crippen LogP contribution in [0, 0.1) is 0 Å². The summed E-state index contributed by atoms with van der Waals surface area (Å²) in [7, 11) is 0. The summed E-state index contributed by atoms with van der Waals surface area (Å²) in [6.07, 6.45) is 5.80. The molecular formula is C11H10N4O2. The van der Waals surface area contributed by atoms with Gasteiger partial charge in [0.05, 0.1) is 18.0 Å². The summed E-state index contributed by atoms with van der Waals surface area (Å²) >= 11 is 0. The molecule has 1 aliphatic rings. The number of pyridine rings is 1. The smallest absolute Gasteiger partial charge is 0.249 e. The molecule has 1 unspecified atom stereocenters. The Morgan fingerprint density at radius 1 is 1.41 bits per heavy atom. The third kappa shape index (κ3) is 1.57. The molecule has 3 rings (SSSR count). The number of nitrogens with zero attached hydrogens (tertiary/aromatic N) is 3. The Morgan fingerprint density at radius 3 is 3.12 bits per heavy atom. The van der Waals surface area contributed by atoms with Crippen LogP contribution in [0.1, 0.15) is 18.9 Å². The first-order chi connectivity index (χ1) is 8.25. The summed E-state index contributed by atoms with van der Waals surface area (Å²) in [6, 6.07) is 1.45. The molecule has 6 nitrogen and oxygen atoms in total. The Balaban J connectivity index is 2.04. The SMILES string of the molecule is O=C1CCC(n2cnc3cnccc32)C(=O)N1. The van der Waals surface area contributed by atoms with Crippen molar-refractivity contribution in [2.24, 2.45) is 0 Å². The molecular weight excluding hydrogens is 220 g/mol. The normalized spacial score (nSPS) is 20.6. The van der Waals surface area contributed by atoms with Crippen molar-refractivity contribution >= 4 is 22.8 Å². The van der Waals surface area contributed by atoms with Crippen LogP contribution in [0.2, 0.25) is 0 Å². The van der Waals surface area contributed by atoms with E-state index in [9.17, 15) is 9.59 Å². The van der Waals surface area contributed by atoms with E-state index in [4.69, 9.17) is 0 Å². The highest BCUT2D eigenvalue weighted by atomic mass is 16.2. The molecule has 1 atom stereocenters. The van der Waals surface area contributed by atoms with Crippen molar-refractivity contribution in [3.05, 3.63) is 24.8 Å². The van der Waals surface area contributed by atoms with Crippen LogP contribution in [-0.4, -0.2) is 26.3 Å². The molecule has 0 aliphatic carbocycles. The summed E-state index contributed by atoms with van der Waals surface area (Å²) in [5, 5.41) is 2.34. The van der Waals surface area contributed by atoms with E-state index in [1.165, 1.54) is 0 Å². The van der Waals surface area contributed by atoms with Crippen LogP contribution in [0.15, 0.2) is 24.8 Å². The predicted molar refractivity (Wildman–Crippen MR) is 58.9 cm³/mol. The van der Waals surface area contributed by atoms with Gasteiger partial charge in [-0.2, -0.15) is 0 Å². The Labute approximate surface area is 96.7 Å². The van der Waals surface area contributed by atoms with E-state index in [2.05, 4.69) is 15.3 Å². The Morgan fingerprint density at radius 2 is 2.29 bits per heavy atom. The Hall–Kier alpha value is -2.24. The third-order valence-electron chi connectivity index (χ3n) is 2.92. The highest BCUT2D eigenvalue weighted by molar-refractivity contribution is 6.00. The second kappa shape index (κ2) is 3.65. The molecule has 86 valence electrons. The van der Waals surface area contributed by atoms with E-state index in [1.54, 1.807) is 23.3 Å². The number of hydrogen-bond donors (Lipinski definition) is 1. The molecule has 1 N–H and O–H groups in total. The lowest BCUT2D eigenvalue weighted by molar-refractivity contribution is -0.135. The minimum Gasteiger partial charge on any atom is -0.318 e. The number of carbonyl (C=O) groups excluding carboxylic acids is 2. The minimum absolute atomic E-state index is 0.211. The number of piperidine rings is 1. The van der Waals surface area contributed by atoms with Gasteiger partial charge >= 0.3 is 0 Å². The van der Waals surface area contributed by atoms with Crippen molar-refractivity contribution < 1.29 is 9.59 Å². The van der Waals surface area contributed by atoms with Crippen molar-refractivity contribution in [3.8, 4) is 0 Å². The molecule has 1 saturated heterocycles. The second-order valence-electron chi connectivity index (χ2n) is 3.98. The van der Waals surface area contributed by atoms with Gasteiger partial charge in [0.25, 0.3) is 0 Å². The quantitative estimate of drug-likeness (QED) is 0.720. The molecule has 0 spiro atoms. The van der Waals surface area contributed by atoms with Crippen LogP contribution in [0.3, 0.4) is 0 Å². The van der Waals surface area contributed by atoms with Crippen molar-refractivity contribution in [2.45, 2.75) is 18.9 Å². The first-order valence-electron chi connectivity index (χ1n) is 5.36. The van der Waals surface area contributed by atoms with Gasteiger partial charge in [0.1, 0.15) is 11.6 Å². The van der Waals surface area contributed by atoms with Crippen molar-refractivity contribution in [1.82, 2.24) is 19.9 Å². The van der Waals surface area contributed by atoms with Gasteiger partial charge in [-0.05, 0) is 12.5 Å². The van der Waals surface area contributed by atoms with E-state index in [1.807, 2.05) is 6.07 Å². The van der Waals surface area contributed by atoms with Crippen molar-refractivity contribution in [3.63, 3.8) is 0 Å². The van der Waals surface area contributed by atoms with E-state index in [0.717, 1.165) is 11.0 Å². The minimum atomic E-state index is -0.361. The Kier molecular flexibility index (Phi) is 2.14. The summed E-state index contributed by atoms with van der Waals surface area (Å²) in [5.41, 5.74) is 1.60. The third-order valence-corrected chi connectivity index (χ3v) is 2.92. The first kappa shape index (κ1) is 9.95. The number of aromatic nitrogens is 3. The lowest BCUT2D eigenvalue weighted by atomic mass is 10.1. The first-order valence-corrected chi connectivity index (χ1v) is 5.36. The Bertz CT molecular complexity index is 604. The van der Waals surface area contributed by atoms with E-state index in [-0.39, 0.29) is 17.9 Å². The second-order valence-corrected chi connectivity index (χ2v) is 3.98. The van der Waals surface area contributed by atoms with Gasteiger partial charge in [0.15, 0.2) is 0 Å². The average molecular weight is 230 g/mol. The van der Waals surface area contributed by atoms with Gasteiger partial charge in [0, 0.05) is 12.6 Å². The van der Waals surface area contributed by atoms with Gasteiger partial charge in [-0.25, -0.2) is 4.98 Å². The molecule has 1 aliphatic heterocycles. The topological polar surface area (TPSA) is 76.9 Å². The standard InChI is InChI=1S/C11H10N4O2/c16-10-2-1-9(11(17)14-10)15-6-13-7-5-12-4-3-8(7)15/h3-6,9H,1-2H2,(H,14,16,17). The fourth-order valence-corrected chi connectivity index (χ4v) is 2.08. The number of nitrogens with one attached hydrogen (secondary N) is 1. The zero-order chi connectivity index (χ0) is 11.8. The maximum atomic E-state index is 11.8. The van der Waals surface area contributed by atoms with Gasteiger partial charge in [-0.15, -0.1) is 0 Å². The van der Waals surface area contributed by atoms with Crippen LogP contribution in [0.4, 0.5) is 0 Å². The van der Waals surface area contributed by atoms with Gasteiger partial charge in [-0.3, -0.25) is 19.9 Å². The molecule has 2 aromatic rings. The molecule has 0 saturated carbocycles. The summed E-state index contributed by atoms with van der Waals surface area (Å²) in [5.74, 6) is -0.477. The maximum Gasteiger partial charge on any atom is 0.249 e. The van der Waals surface area contributed by atoms with Crippen LogP contribution < -0.4 is 5.32 Å². The van der Waals surface area contributed by atoms with Gasteiger partial charge in [0.2, 0.25) is 11.8 Å². The van der Waals surface area contributed by atoms with Gasteiger partial charge < -0.3 is 4.57 Å². The van der Waals surface area contributed by atoms with Crippen LogP contribution >= 0.6 is 0 Å². The van der Waals surface area contributed by atoms with Crippen LogP contribution in [0.5, 0.6) is 0 Å². The average Bonchev–Trinajstić information content (AvgIpc) is 2.73. The molecule has 6 heteroatoms. The number of carbonyl (C=O) groups is 2. The monoisotopic (exact) mass is 230 g/mol. The predicted octanol–water partition coefficient (Wildman–Crippen LogP) is 0.409. The largest absolute Gasteiger partial charge is 0.318 e. The molecule has 3 heterocycles. The van der Waals surface area contributed by atoms with E-state index < -0.39 is 0 Å². The maximum absolute atomic E-state index is 11.8.